The maximum absolute atomic E-state index is 4.25. The monoisotopic (exact) mass is 250 g/mol. The Hall–Kier alpha value is -1.39. The lowest BCUT2D eigenvalue weighted by atomic mass is 10.0. The van der Waals surface area contributed by atoms with E-state index in [1.54, 1.807) is 0 Å². The van der Waals surface area contributed by atoms with Crippen LogP contribution in [-0.2, 0) is 19.4 Å². The molecule has 90 valence electrons. The second kappa shape index (κ2) is 4.85. The first-order chi connectivity index (χ1) is 7.90. The molecule has 0 spiro atoms. The molecule has 2 aromatic rings. The van der Waals surface area contributed by atoms with Crippen LogP contribution >= 0.6 is 12.4 Å². The molecule has 0 unspecified atom stereocenters. The van der Waals surface area contributed by atoms with Crippen LogP contribution in [0.2, 0.25) is 0 Å². The third kappa shape index (κ3) is 1.94. The third-order valence-corrected chi connectivity index (χ3v) is 2.98. The van der Waals surface area contributed by atoms with Gasteiger partial charge in [-0.2, -0.15) is 0 Å². The zero-order valence-electron chi connectivity index (χ0n) is 9.68. The minimum Gasteiger partial charge on any atom is -0.313 e. The van der Waals surface area contributed by atoms with Gasteiger partial charge in [-0.1, -0.05) is 18.2 Å². The molecular weight excluding hydrogens is 236 g/mol. The summed E-state index contributed by atoms with van der Waals surface area (Å²) in [7, 11) is 1.93. The highest BCUT2D eigenvalue weighted by Crippen LogP contribution is 2.24. The van der Waals surface area contributed by atoms with Crippen molar-refractivity contribution < 1.29 is 0 Å². The summed E-state index contributed by atoms with van der Waals surface area (Å²) in [5.74, 6) is 2.06. The van der Waals surface area contributed by atoms with Gasteiger partial charge in [-0.3, -0.25) is 4.57 Å². The number of nitrogens with zero attached hydrogens (tertiary/aromatic N) is 3. The fraction of sp³-hybridized carbons (Fsp3) is 0.333. The van der Waals surface area contributed by atoms with Gasteiger partial charge in [0.15, 0.2) is 5.82 Å². The number of rotatable bonds is 2. The lowest BCUT2D eigenvalue weighted by molar-refractivity contribution is 0.709. The molecule has 0 saturated heterocycles. The summed E-state index contributed by atoms with van der Waals surface area (Å²) in [6.07, 6.45) is 2.04. The number of benzene rings is 1. The Morgan fingerprint density at radius 3 is 2.88 bits per heavy atom. The summed E-state index contributed by atoms with van der Waals surface area (Å²) in [5, 5.41) is 11.6. The number of aromatic nitrogens is 3. The average Bonchev–Trinajstić information content (AvgIpc) is 2.73. The van der Waals surface area contributed by atoms with E-state index in [2.05, 4.69) is 44.3 Å². The van der Waals surface area contributed by atoms with E-state index in [0.717, 1.165) is 31.0 Å². The zero-order chi connectivity index (χ0) is 11.0. The molecule has 4 nitrogen and oxygen atoms in total. The van der Waals surface area contributed by atoms with Crippen molar-refractivity contribution >= 4 is 12.4 Å². The van der Waals surface area contributed by atoms with Crippen LogP contribution in [-0.4, -0.2) is 21.8 Å². The molecule has 1 N–H and O–H groups in total. The van der Waals surface area contributed by atoms with Crippen molar-refractivity contribution in [1.82, 2.24) is 20.1 Å². The quantitative estimate of drug-likeness (QED) is 0.879. The summed E-state index contributed by atoms with van der Waals surface area (Å²) >= 11 is 0. The van der Waals surface area contributed by atoms with E-state index in [-0.39, 0.29) is 12.4 Å². The minimum absolute atomic E-state index is 0. The first-order valence-corrected chi connectivity index (χ1v) is 5.56. The van der Waals surface area contributed by atoms with Gasteiger partial charge >= 0.3 is 0 Å². The summed E-state index contributed by atoms with van der Waals surface area (Å²) in [6, 6.07) is 8.48. The van der Waals surface area contributed by atoms with E-state index in [0.29, 0.717) is 0 Å². The first kappa shape index (κ1) is 12.1. The van der Waals surface area contributed by atoms with E-state index in [9.17, 15) is 0 Å². The molecule has 1 aliphatic heterocycles. The molecule has 0 atom stereocenters. The molecular formula is C12H15ClN4. The van der Waals surface area contributed by atoms with Crippen molar-refractivity contribution in [2.75, 3.05) is 7.05 Å². The molecule has 1 aromatic heterocycles. The van der Waals surface area contributed by atoms with Gasteiger partial charge in [0.1, 0.15) is 5.82 Å². The van der Waals surface area contributed by atoms with Crippen LogP contribution in [0, 0.1) is 0 Å². The molecule has 1 aromatic carbocycles. The molecule has 3 rings (SSSR count). The fourth-order valence-corrected chi connectivity index (χ4v) is 2.25. The van der Waals surface area contributed by atoms with Gasteiger partial charge in [-0.15, -0.1) is 22.6 Å². The average molecular weight is 251 g/mol. The van der Waals surface area contributed by atoms with Crippen LogP contribution < -0.4 is 5.32 Å². The molecule has 17 heavy (non-hydrogen) atoms. The highest BCUT2D eigenvalue weighted by Gasteiger charge is 2.19. The Morgan fingerprint density at radius 2 is 2.06 bits per heavy atom. The maximum Gasteiger partial charge on any atom is 0.151 e. The summed E-state index contributed by atoms with van der Waals surface area (Å²) < 4.78 is 2.18. The lowest BCUT2D eigenvalue weighted by Gasteiger charge is -2.18. The SMILES string of the molecule is CNCc1nnc2n1-c1ccccc1CC2.Cl. The minimum atomic E-state index is 0. The molecule has 0 aliphatic carbocycles. The normalized spacial score (nSPS) is 12.5. The Labute approximate surface area is 106 Å². The number of nitrogens with one attached hydrogen (secondary N) is 1. The summed E-state index contributed by atoms with van der Waals surface area (Å²) in [5.41, 5.74) is 2.62. The van der Waals surface area contributed by atoms with Crippen LogP contribution in [0.25, 0.3) is 5.69 Å². The highest BCUT2D eigenvalue weighted by atomic mass is 35.5. The van der Waals surface area contributed by atoms with Crippen molar-refractivity contribution in [3.8, 4) is 5.69 Å². The van der Waals surface area contributed by atoms with E-state index in [1.807, 2.05) is 7.05 Å². The van der Waals surface area contributed by atoms with Gasteiger partial charge in [0.05, 0.1) is 12.2 Å². The van der Waals surface area contributed by atoms with E-state index in [1.165, 1.54) is 11.3 Å². The van der Waals surface area contributed by atoms with Crippen molar-refractivity contribution in [3.63, 3.8) is 0 Å². The van der Waals surface area contributed by atoms with Gasteiger partial charge in [0.25, 0.3) is 0 Å². The first-order valence-electron chi connectivity index (χ1n) is 5.56. The molecule has 2 heterocycles. The van der Waals surface area contributed by atoms with Crippen LogP contribution in [0.1, 0.15) is 17.2 Å². The van der Waals surface area contributed by atoms with E-state index >= 15 is 0 Å². The van der Waals surface area contributed by atoms with Gasteiger partial charge < -0.3 is 5.32 Å². The predicted octanol–water partition coefficient (Wildman–Crippen LogP) is 1.51. The van der Waals surface area contributed by atoms with Crippen LogP contribution in [0.15, 0.2) is 24.3 Å². The summed E-state index contributed by atoms with van der Waals surface area (Å²) in [6.45, 7) is 0.751. The molecule has 0 radical (unpaired) electrons. The summed E-state index contributed by atoms with van der Waals surface area (Å²) in [4.78, 5) is 0. The number of halogens is 1. The molecule has 5 heteroatoms. The second-order valence-electron chi connectivity index (χ2n) is 4.03. The van der Waals surface area contributed by atoms with Crippen LogP contribution in [0.4, 0.5) is 0 Å². The third-order valence-electron chi connectivity index (χ3n) is 2.98. The molecule has 0 amide bonds. The number of aryl methyl sites for hydroxylation is 2. The number of para-hydroxylation sites is 1. The lowest BCUT2D eigenvalue weighted by Crippen LogP contribution is -2.17. The predicted molar refractivity (Wildman–Crippen MR) is 68.8 cm³/mol. The Balaban J connectivity index is 0.00000108. The standard InChI is InChI=1S/C12H14N4.ClH/c1-13-8-12-15-14-11-7-6-9-4-2-3-5-10(9)16(11)12;/h2-5,13H,6-8H2,1H3;1H. The number of hydrogen-bond donors (Lipinski definition) is 1. The second-order valence-corrected chi connectivity index (χ2v) is 4.03. The van der Waals surface area contributed by atoms with Gasteiger partial charge in [-0.05, 0) is 25.1 Å². The van der Waals surface area contributed by atoms with Crippen molar-refractivity contribution in [1.29, 1.82) is 0 Å². The van der Waals surface area contributed by atoms with Crippen LogP contribution in [0.5, 0.6) is 0 Å². The van der Waals surface area contributed by atoms with E-state index in [4.69, 9.17) is 0 Å². The van der Waals surface area contributed by atoms with Gasteiger partial charge in [-0.25, -0.2) is 0 Å². The maximum atomic E-state index is 4.25. The number of hydrogen-bond acceptors (Lipinski definition) is 3. The molecule has 0 fully saturated rings. The van der Waals surface area contributed by atoms with E-state index < -0.39 is 0 Å². The number of fused-ring (bicyclic) bond motifs is 3. The fourth-order valence-electron chi connectivity index (χ4n) is 2.25. The largest absolute Gasteiger partial charge is 0.313 e. The van der Waals surface area contributed by atoms with Crippen molar-refractivity contribution in [3.05, 3.63) is 41.5 Å². The van der Waals surface area contributed by atoms with Gasteiger partial charge in [0.2, 0.25) is 0 Å². The van der Waals surface area contributed by atoms with Crippen molar-refractivity contribution in [2.45, 2.75) is 19.4 Å². The Kier molecular flexibility index (Phi) is 3.45. The molecule has 0 saturated carbocycles. The zero-order valence-corrected chi connectivity index (χ0v) is 10.5. The topological polar surface area (TPSA) is 42.7 Å². The molecule has 1 aliphatic rings. The van der Waals surface area contributed by atoms with Gasteiger partial charge in [0, 0.05) is 6.42 Å². The van der Waals surface area contributed by atoms with Crippen LogP contribution in [0.3, 0.4) is 0 Å². The van der Waals surface area contributed by atoms with Crippen molar-refractivity contribution in [2.24, 2.45) is 0 Å². The Morgan fingerprint density at radius 1 is 1.24 bits per heavy atom. The molecule has 0 bridgehead atoms. The Bertz CT molecular complexity index is 521. The highest BCUT2D eigenvalue weighted by molar-refractivity contribution is 5.85. The smallest absolute Gasteiger partial charge is 0.151 e.